The Labute approximate surface area is 254 Å². The van der Waals surface area contributed by atoms with E-state index < -0.39 is 5.60 Å². The number of hydrogen-bond acceptors (Lipinski definition) is 2. The highest BCUT2D eigenvalue weighted by atomic mass is 16.3. The largest absolute Gasteiger partial charge is 0.393 e. The van der Waals surface area contributed by atoms with Crippen molar-refractivity contribution in [2.24, 2.45) is 11.8 Å². The summed E-state index contributed by atoms with van der Waals surface area (Å²) in [6.45, 7) is 9.26. The van der Waals surface area contributed by atoms with Crippen LogP contribution in [0.3, 0.4) is 0 Å². The monoisotopic (exact) mass is 567 g/mol. The summed E-state index contributed by atoms with van der Waals surface area (Å²) in [5.74, 6) is 1.74. The first-order chi connectivity index (χ1) is 19.4. The Morgan fingerprint density at radius 1 is 0.350 bits per heavy atom. The standard InChI is InChI=1S/C38H78O2/c1-36(2)31-27-23-19-15-11-7-5-9-13-17-21-25-29-33-38(40,35-39)34-30-26-22-18-14-10-6-8-12-16-20-24-28-32-37(3)4/h36-37,39-40H,5-35H2,1-4H3. The van der Waals surface area contributed by atoms with Crippen LogP contribution in [0.4, 0.5) is 0 Å². The van der Waals surface area contributed by atoms with Crippen LogP contribution in [0.5, 0.6) is 0 Å². The van der Waals surface area contributed by atoms with Crippen molar-refractivity contribution in [2.75, 3.05) is 6.61 Å². The van der Waals surface area contributed by atoms with Crippen LogP contribution in [-0.2, 0) is 0 Å². The lowest BCUT2D eigenvalue weighted by atomic mass is 9.90. The normalized spacial score (nSPS) is 12.3. The Bertz CT molecular complexity index is 434. The highest BCUT2D eigenvalue weighted by Crippen LogP contribution is 2.23. The highest BCUT2D eigenvalue weighted by molar-refractivity contribution is 4.77. The van der Waals surface area contributed by atoms with Crippen molar-refractivity contribution in [3.05, 3.63) is 0 Å². The van der Waals surface area contributed by atoms with Crippen LogP contribution in [0.15, 0.2) is 0 Å². The molecule has 0 aliphatic heterocycles. The van der Waals surface area contributed by atoms with Gasteiger partial charge < -0.3 is 10.2 Å². The molecule has 0 rings (SSSR count). The number of rotatable bonds is 33. The van der Waals surface area contributed by atoms with Crippen LogP contribution in [0.1, 0.15) is 220 Å². The third kappa shape index (κ3) is 30.9. The second kappa shape index (κ2) is 30.4. The zero-order valence-corrected chi connectivity index (χ0v) is 28.5. The first kappa shape index (κ1) is 39.9. The molecule has 0 aliphatic carbocycles. The highest BCUT2D eigenvalue weighted by Gasteiger charge is 2.24. The predicted octanol–water partition coefficient (Wildman–Crippen LogP) is 12.7. The van der Waals surface area contributed by atoms with Gasteiger partial charge in [-0.15, -0.1) is 0 Å². The molecule has 2 heteroatoms. The SMILES string of the molecule is CC(C)CCCCCCCCCCCCCCCC(O)(CO)CCCCCCCCCCCCCCCC(C)C. The van der Waals surface area contributed by atoms with Crippen molar-refractivity contribution in [3.8, 4) is 0 Å². The third-order valence-corrected chi connectivity index (χ3v) is 9.14. The van der Waals surface area contributed by atoms with Gasteiger partial charge >= 0.3 is 0 Å². The molecule has 0 aliphatic rings. The molecule has 0 fully saturated rings. The summed E-state index contributed by atoms with van der Waals surface area (Å²) < 4.78 is 0. The van der Waals surface area contributed by atoms with Gasteiger partial charge in [-0.25, -0.2) is 0 Å². The van der Waals surface area contributed by atoms with Gasteiger partial charge in [-0.05, 0) is 24.7 Å². The molecule has 0 unspecified atom stereocenters. The molecule has 40 heavy (non-hydrogen) atoms. The van der Waals surface area contributed by atoms with E-state index in [0.29, 0.717) is 0 Å². The van der Waals surface area contributed by atoms with Crippen LogP contribution < -0.4 is 0 Å². The van der Waals surface area contributed by atoms with Gasteiger partial charge in [0.15, 0.2) is 0 Å². The lowest BCUT2D eigenvalue weighted by Gasteiger charge is -2.26. The molecule has 242 valence electrons. The number of aliphatic hydroxyl groups excluding tert-OH is 1. The van der Waals surface area contributed by atoms with E-state index >= 15 is 0 Å². The molecule has 0 aromatic rings. The van der Waals surface area contributed by atoms with E-state index in [4.69, 9.17) is 0 Å². The molecule has 0 saturated carbocycles. The van der Waals surface area contributed by atoms with Crippen LogP contribution in [0, 0.1) is 11.8 Å². The average molecular weight is 567 g/mol. The Balaban J connectivity index is 3.40. The number of unbranched alkanes of at least 4 members (excludes halogenated alkanes) is 24. The lowest BCUT2D eigenvalue weighted by molar-refractivity contribution is -0.0314. The average Bonchev–Trinajstić information content (AvgIpc) is 2.92. The molecule has 2 nitrogen and oxygen atoms in total. The van der Waals surface area contributed by atoms with Gasteiger partial charge in [-0.3, -0.25) is 0 Å². The Morgan fingerprint density at radius 3 is 0.750 bits per heavy atom. The smallest absolute Gasteiger partial charge is 0.0877 e. The molecule has 0 spiro atoms. The Morgan fingerprint density at radius 2 is 0.550 bits per heavy atom. The molecule has 0 heterocycles. The minimum absolute atomic E-state index is 0.0670. The van der Waals surface area contributed by atoms with Crippen LogP contribution in [0.25, 0.3) is 0 Å². The van der Waals surface area contributed by atoms with Crippen molar-refractivity contribution in [2.45, 2.75) is 226 Å². The summed E-state index contributed by atoms with van der Waals surface area (Å²) in [7, 11) is 0. The van der Waals surface area contributed by atoms with Crippen molar-refractivity contribution in [1.29, 1.82) is 0 Å². The summed E-state index contributed by atoms with van der Waals surface area (Å²) in [5, 5.41) is 20.6. The van der Waals surface area contributed by atoms with E-state index in [1.807, 2.05) is 0 Å². The minimum atomic E-state index is -0.830. The van der Waals surface area contributed by atoms with E-state index in [2.05, 4.69) is 27.7 Å². The molecule has 0 radical (unpaired) electrons. The van der Waals surface area contributed by atoms with E-state index in [9.17, 15) is 10.2 Å². The maximum Gasteiger partial charge on any atom is 0.0877 e. The third-order valence-electron chi connectivity index (χ3n) is 9.14. The first-order valence-corrected chi connectivity index (χ1v) is 18.7. The molecule has 0 saturated heterocycles. The lowest BCUT2D eigenvalue weighted by Crippen LogP contribution is -2.33. The van der Waals surface area contributed by atoms with E-state index in [1.54, 1.807) is 0 Å². The summed E-state index contributed by atoms with van der Waals surface area (Å²) in [6.07, 6.45) is 39.7. The zero-order chi connectivity index (χ0) is 29.6. The molecular formula is C38H78O2. The second-order valence-electron chi connectivity index (χ2n) is 14.4. The Hall–Kier alpha value is -0.0800. The zero-order valence-electron chi connectivity index (χ0n) is 28.5. The van der Waals surface area contributed by atoms with Gasteiger partial charge in [-0.2, -0.15) is 0 Å². The fraction of sp³-hybridized carbons (Fsp3) is 1.00. The maximum atomic E-state index is 10.8. The number of hydrogen-bond donors (Lipinski definition) is 2. The molecule has 0 aromatic heterocycles. The summed E-state index contributed by atoms with van der Waals surface area (Å²) in [6, 6.07) is 0. The van der Waals surface area contributed by atoms with Gasteiger partial charge in [-0.1, -0.05) is 207 Å². The summed E-state index contributed by atoms with van der Waals surface area (Å²) >= 11 is 0. The van der Waals surface area contributed by atoms with Gasteiger partial charge in [0.05, 0.1) is 12.2 Å². The van der Waals surface area contributed by atoms with Crippen LogP contribution in [-0.4, -0.2) is 22.4 Å². The van der Waals surface area contributed by atoms with Crippen molar-refractivity contribution < 1.29 is 10.2 Å². The van der Waals surface area contributed by atoms with E-state index in [0.717, 1.165) is 37.5 Å². The maximum absolute atomic E-state index is 10.8. The van der Waals surface area contributed by atoms with Crippen molar-refractivity contribution in [3.63, 3.8) is 0 Å². The predicted molar refractivity (Wildman–Crippen MR) is 180 cm³/mol. The molecule has 0 aromatic carbocycles. The molecular weight excluding hydrogens is 488 g/mol. The van der Waals surface area contributed by atoms with Gasteiger partial charge in [0.25, 0.3) is 0 Å². The molecule has 2 N–H and O–H groups in total. The van der Waals surface area contributed by atoms with Crippen molar-refractivity contribution in [1.82, 2.24) is 0 Å². The summed E-state index contributed by atoms with van der Waals surface area (Å²) in [4.78, 5) is 0. The first-order valence-electron chi connectivity index (χ1n) is 18.7. The quantitative estimate of drug-likeness (QED) is 0.0775. The van der Waals surface area contributed by atoms with Gasteiger partial charge in [0, 0.05) is 0 Å². The van der Waals surface area contributed by atoms with Gasteiger partial charge in [0.2, 0.25) is 0 Å². The second-order valence-corrected chi connectivity index (χ2v) is 14.4. The van der Waals surface area contributed by atoms with Crippen molar-refractivity contribution >= 4 is 0 Å². The Kier molecular flexibility index (Phi) is 30.3. The minimum Gasteiger partial charge on any atom is -0.393 e. The fourth-order valence-corrected chi connectivity index (χ4v) is 6.19. The topological polar surface area (TPSA) is 40.5 Å². The number of aliphatic hydroxyl groups is 2. The van der Waals surface area contributed by atoms with Crippen LogP contribution >= 0.6 is 0 Å². The van der Waals surface area contributed by atoms with E-state index in [1.165, 1.54) is 167 Å². The molecule has 0 bridgehead atoms. The van der Waals surface area contributed by atoms with E-state index in [-0.39, 0.29) is 6.61 Å². The molecule has 0 amide bonds. The molecule has 0 atom stereocenters. The van der Waals surface area contributed by atoms with Gasteiger partial charge in [0.1, 0.15) is 0 Å². The summed E-state index contributed by atoms with van der Waals surface area (Å²) in [5.41, 5.74) is -0.830. The van der Waals surface area contributed by atoms with Crippen LogP contribution in [0.2, 0.25) is 0 Å². The fourth-order valence-electron chi connectivity index (χ4n) is 6.19.